The van der Waals surface area contributed by atoms with Crippen molar-refractivity contribution in [3.63, 3.8) is 0 Å². The van der Waals surface area contributed by atoms with E-state index in [1.807, 2.05) is 6.07 Å². The maximum Gasteiger partial charge on any atom is 0.253 e. The molecule has 2 saturated heterocycles. The smallest absolute Gasteiger partial charge is 0.253 e. The minimum atomic E-state index is -0.361. The molecule has 4 aromatic heterocycles. The van der Waals surface area contributed by atoms with Gasteiger partial charge in [0.15, 0.2) is 0 Å². The van der Waals surface area contributed by atoms with Gasteiger partial charge < -0.3 is 39.9 Å². The summed E-state index contributed by atoms with van der Waals surface area (Å²) in [5.74, 6) is 0.951. The standard InChI is InChI=1S/C23H23FN4O3.C21H26N4O3/c1-2-21(29)28-9-7-16(8-10-28)31-17-11-18-19(14-26-22(18)25-13-17)23(30)27-12-15-5-3-4-6-20(15)24;1-2-19(26)25-8-6-15(7-9-25)28-16-10-17-18(13-23-20(17)22-12-16)21(27)24-11-14-4-3-5-14/h2-6,11,13-14,16H,1,7-10,12H2,(H,25,26)(H,27,30);2,10,12-15H,1,3-9,11H2,(H,22,23)(H,24,27). The number of hydrogen-bond donors (Lipinski definition) is 4. The summed E-state index contributed by atoms with van der Waals surface area (Å²) in [6, 6.07) is 9.97. The first-order valence-electron chi connectivity index (χ1n) is 20.1. The molecule has 0 radical (unpaired) electrons. The van der Waals surface area contributed by atoms with Crippen LogP contribution < -0.4 is 20.1 Å². The van der Waals surface area contributed by atoms with Crippen molar-refractivity contribution in [2.45, 2.75) is 63.7 Å². The highest BCUT2D eigenvalue weighted by Crippen LogP contribution is 2.28. The van der Waals surface area contributed by atoms with Crippen molar-refractivity contribution in [3.05, 3.63) is 109 Å². The van der Waals surface area contributed by atoms with Gasteiger partial charge in [-0.1, -0.05) is 37.8 Å². The number of ether oxygens (including phenoxy) is 2. The lowest BCUT2D eigenvalue weighted by Gasteiger charge is -2.31. The fourth-order valence-corrected chi connectivity index (χ4v) is 7.45. The number of halogens is 1. The molecule has 0 atom stereocenters. The Hall–Kier alpha value is -6.51. The van der Waals surface area contributed by atoms with Crippen LogP contribution in [0.1, 0.15) is 71.2 Å². The molecule has 3 aliphatic rings. The minimum absolute atomic E-state index is 0.0305. The summed E-state index contributed by atoms with van der Waals surface area (Å²) in [6.45, 7) is 10.4. The van der Waals surface area contributed by atoms with E-state index in [0.29, 0.717) is 89.8 Å². The van der Waals surface area contributed by atoms with Crippen molar-refractivity contribution in [2.75, 3.05) is 32.7 Å². The van der Waals surface area contributed by atoms with E-state index >= 15 is 0 Å². The normalized spacial score (nSPS) is 16.1. The number of nitrogens with zero attached hydrogens (tertiary/aromatic N) is 4. The number of fused-ring (bicyclic) bond motifs is 2. The van der Waals surface area contributed by atoms with Crippen molar-refractivity contribution in [2.24, 2.45) is 5.92 Å². The number of carbonyl (C=O) groups is 4. The fourth-order valence-electron chi connectivity index (χ4n) is 7.45. The molecule has 4 N–H and O–H groups in total. The molecule has 3 fully saturated rings. The van der Waals surface area contributed by atoms with Crippen molar-refractivity contribution in [1.82, 2.24) is 40.4 Å². The van der Waals surface area contributed by atoms with Gasteiger partial charge in [-0.25, -0.2) is 14.4 Å². The maximum atomic E-state index is 13.8. The quantitative estimate of drug-likeness (QED) is 0.114. The molecular weight excluding hydrogens is 756 g/mol. The molecule has 14 nitrogen and oxygen atoms in total. The zero-order valence-corrected chi connectivity index (χ0v) is 32.9. The Morgan fingerprint density at radius 2 is 1.24 bits per heavy atom. The molecule has 59 heavy (non-hydrogen) atoms. The Bertz CT molecular complexity index is 2320. The van der Waals surface area contributed by atoms with Crippen LogP contribution >= 0.6 is 0 Å². The van der Waals surface area contributed by atoms with Crippen LogP contribution in [0.3, 0.4) is 0 Å². The van der Waals surface area contributed by atoms with Gasteiger partial charge in [0.25, 0.3) is 11.8 Å². The predicted molar refractivity (Wildman–Crippen MR) is 220 cm³/mol. The van der Waals surface area contributed by atoms with E-state index < -0.39 is 0 Å². The van der Waals surface area contributed by atoms with Crippen LogP contribution in [0.2, 0.25) is 0 Å². The van der Waals surface area contributed by atoms with Gasteiger partial charge in [-0.05, 0) is 49.1 Å². The number of pyridine rings is 2. The topological polar surface area (TPSA) is 175 Å². The van der Waals surface area contributed by atoms with Crippen LogP contribution in [0, 0.1) is 11.7 Å². The number of benzene rings is 1. The molecular formula is C44H49FN8O6. The summed E-state index contributed by atoms with van der Waals surface area (Å²) in [6.07, 6.45) is 15.8. The van der Waals surface area contributed by atoms with E-state index in [1.165, 1.54) is 37.5 Å². The number of amides is 4. The molecule has 4 amide bonds. The molecule has 2 aliphatic heterocycles. The molecule has 6 heterocycles. The van der Waals surface area contributed by atoms with Crippen LogP contribution in [-0.4, -0.2) is 98.3 Å². The lowest BCUT2D eigenvalue weighted by Crippen LogP contribution is -2.41. The second-order valence-corrected chi connectivity index (χ2v) is 15.0. The van der Waals surface area contributed by atoms with E-state index in [2.05, 4.69) is 43.7 Å². The van der Waals surface area contributed by atoms with Gasteiger partial charge in [0.05, 0.1) is 23.5 Å². The molecule has 0 bridgehead atoms. The Morgan fingerprint density at radius 3 is 1.69 bits per heavy atom. The number of H-pyrrole nitrogens is 2. The summed E-state index contributed by atoms with van der Waals surface area (Å²) >= 11 is 0. The molecule has 1 aromatic carbocycles. The molecule has 5 aromatic rings. The van der Waals surface area contributed by atoms with Crippen molar-refractivity contribution >= 4 is 45.7 Å². The van der Waals surface area contributed by atoms with E-state index in [1.54, 1.807) is 58.9 Å². The summed E-state index contributed by atoms with van der Waals surface area (Å²) in [5.41, 5.74) is 2.66. The van der Waals surface area contributed by atoms with Crippen molar-refractivity contribution < 1.29 is 33.0 Å². The summed E-state index contributed by atoms with van der Waals surface area (Å²) < 4.78 is 25.9. The van der Waals surface area contributed by atoms with E-state index in [4.69, 9.17) is 9.47 Å². The number of likely N-dealkylation sites (tertiary alicyclic amines) is 2. The molecule has 308 valence electrons. The minimum Gasteiger partial charge on any atom is -0.489 e. The summed E-state index contributed by atoms with van der Waals surface area (Å²) in [5, 5.41) is 7.17. The summed E-state index contributed by atoms with van der Waals surface area (Å²) in [4.78, 5) is 66.9. The van der Waals surface area contributed by atoms with Crippen molar-refractivity contribution in [3.8, 4) is 11.5 Å². The Morgan fingerprint density at radius 1 is 0.746 bits per heavy atom. The van der Waals surface area contributed by atoms with Crippen LogP contribution in [-0.2, 0) is 16.1 Å². The number of aromatic nitrogens is 4. The van der Waals surface area contributed by atoms with Crippen molar-refractivity contribution in [1.29, 1.82) is 0 Å². The average molecular weight is 805 g/mol. The van der Waals surface area contributed by atoms with Gasteiger partial charge in [-0.2, -0.15) is 0 Å². The number of nitrogens with one attached hydrogen (secondary N) is 4. The fraction of sp³-hybridized carbons (Fsp3) is 0.364. The highest BCUT2D eigenvalue weighted by atomic mass is 19.1. The zero-order valence-electron chi connectivity index (χ0n) is 32.9. The molecule has 1 aliphatic carbocycles. The monoisotopic (exact) mass is 804 g/mol. The highest BCUT2D eigenvalue weighted by molar-refractivity contribution is 6.07. The Labute approximate surface area is 341 Å². The third-order valence-electron chi connectivity index (χ3n) is 11.1. The largest absolute Gasteiger partial charge is 0.489 e. The lowest BCUT2D eigenvalue weighted by atomic mass is 9.85. The predicted octanol–water partition coefficient (Wildman–Crippen LogP) is 5.84. The molecule has 8 rings (SSSR count). The highest BCUT2D eigenvalue weighted by Gasteiger charge is 2.25. The van der Waals surface area contributed by atoms with Crippen LogP contribution in [0.15, 0.2) is 86.5 Å². The van der Waals surface area contributed by atoms with Crippen LogP contribution in [0.4, 0.5) is 4.39 Å². The molecule has 15 heteroatoms. The first-order chi connectivity index (χ1) is 28.7. The Balaban J connectivity index is 0.000000180. The maximum absolute atomic E-state index is 13.8. The van der Waals surface area contributed by atoms with Gasteiger partial charge in [-0.3, -0.25) is 19.2 Å². The van der Waals surface area contributed by atoms with E-state index in [-0.39, 0.29) is 48.2 Å². The van der Waals surface area contributed by atoms with Gasteiger partial charge in [0.1, 0.15) is 40.8 Å². The number of carbonyl (C=O) groups excluding carboxylic acids is 4. The van der Waals surface area contributed by atoms with Gasteiger partial charge in [-0.15, -0.1) is 0 Å². The lowest BCUT2D eigenvalue weighted by molar-refractivity contribution is -0.128. The second-order valence-electron chi connectivity index (χ2n) is 15.0. The summed E-state index contributed by atoms with van der Waals surface area (Å²) in [7, 11) is 0. The van der Waals surface area contributed by atoms with Gasteiger partial charge >= 0.3 is 0 Å². The third-order valence-corrected chi connectivity index (χ3v) is 11.1. The van der Waals surface area contributed by atoms with Gasteiger partial charge in [0, 0.05) is 93.7 Å². The number of piperidine rings is 2. The third kappa shape index (κ3) is 9.97. The van der Waals surface area contributed by atoms with Crippen LogP contribution in [0.5, 0.6) is 11.5 Å². The Kier molecular flexibility index (Phi) is 13.0. The zero-order chi connectivity index (χ0) is 41.3. The van der Waals surface area contributed by atoms with E-state index in [0.717, 1.165) is 24.8 Å². The average Bonchev–Trinajstić information content (AvgIpc) is 3.87. The SMILES string of the molecule is C=CC(=O)N1CCC(Oc2cnc3[nH]cc(C(=O)NCC4CCC4)c3c2)CC1.C=CC(=O)N1CCC(Oc2cnc3[nH]cc(C(=O)NCc4ccccc4F)c3c2)CC1. The first kappa shape index (κ1) is 40.7. The first-order valence-corrected chi connectivity index (χ1v) is 20.1. The second kappa shape index (κ2) is 18.8. The molecule has 1 saturated carbocycles. The number of aromatic amines is 2. The number of hydrogen-bond acceptors (Lipinski definition) is 8. The molecule has 0 unspecified atom stereocenters. The van der Waals surface area contributed by atoms with Crippen LogP contribution in [0.25, 0.3) is 22.1 Å². The van der Waals surface area contributed by atoms with Gasteiger partial charge in [0.2, 0.25) is 11.8 Å². The molecule has 0 spiro atoms. The number of rotatable bonds is 12. The van der Waals surface area contributed by atoms with E-state index in [9.17, 15) is 23.6 Å².